The summed E-state index contributed by atoms with van der Waals surface area (Å²) in [6.07, 6.45) is -4.14. The number of ether oxygens (including phenoxy) is 1. The summed E-state index contributed by atoms with van der Waals surface area (Å²) in [5, 5.41) is 3.34. The monoisotopic (exact) mass is 442 g/mol. The molecule has 0 amide bonds. The van der Waals surface area contributed by atoms with Crippen molar-refractivity contribution in [3.05, 3.63) is 38.7 Å². The van der Waals surface area contributed by atoms with Crippen LogP contribution in [0, 0.1) is 5.82 Å². The average molecular weight is 444 g/mol. The molecule has 2 aromatic rings. The van der Waals surface area contributed by atoms with Crippen LogP contribution in [0.4, 0.5) is 17.6 Å². The molecule has 0 fully saturated rings. The van der Waals surface area contributed by atoms with E-state index in [9.17, 15) is 22.4 Å². The Labute approximate surface area is 153 Å². The third kappa shape index (κ3) is 3.82. The summed E-state index contributed by atoms with van der Waals surface area (Å²) in [4.78, 5) is 12.0. The molecule has 0 aliphatic heterocycles. The van der Waals surface area contributed by atoms with Crippen LogP contribution in [0.25, 0.3) is 11.3 Å². The Kier molecular flexibility index (Phi) is 5.78. The van der Waals surface area contributed by atoms with Gasteiger partial charge in [-0.15, -0.1) is 0 Å². The second-order valence-corrected chi connectivity index (χ2v) is 6.22. The van der Waals surface area contributed by atoms with E-state index in [-0.39, 0.29) is 22.9 Å². The van der Waals surface area contributed by atoms with Crippen LogP contribution in [0.3, 0.4) is 0 Å². The number of benzene rings is 1. The first-order chi connectivity index (χ1) is 11.6. The van der Waals surface area contributed by atoms with E-state index in [0.29, 0.717) is 11.1 Å². The molecule has 2 rings (SSSR count). The second-order valence-electron chi connectivity index (χ2n) is 5.05. The molecule has 0 saturated heterocycles. The molecule has 0 saturated carbocycles. The minimum absolute atomic E-state index is 0.132. The number of hydrogen-bond acceptors (Lipinski definition) is 3. The average Bonchev–Trinajstić information content (AvgIpc) is 2.79. The normalized spacial score (nSPS) is 11.7. The van der Waals surface area contributed by atoms with Crippen molar-refractivity contribution in [3.8, 4) is 11.3 Å². The van der Waals surface area contributed by atoms with Gasteiger partial charge in [0.25, 0.3) is 0 Å². The molecule has 0 radical (unpaired) electrons. The minimum Gasteiger partial charge on any atom is -0.462 e. The molecule has 0 aliphatic carbocycles. The Balaban J connectivity index is 2.63. The van der Waals surface area contributed by atoms with Crippen LogP contribution >= 0.6 is 27.5 Å². The van der Waals surface area contributed by atoms with Gasteiger partial charge in [-0.2, -0.15) is 18.3 Å². The van der Waals surface area contributed by atoms with Gasteiger partial charge in [0.2, 0.25) is 0 Å². The van der Waals surface area contributed by atoms with Crippen molar-refractivity contribution in [2.75, 3.05) is 6.61 Å². The molecule has 136 valence electrons. The number of nitrogens with zero attached hydrogens (tertiary/aromatic N) is 2. The van der Waals surface area contributed by atoms with Crippen LogP contribution in [0.15, 0.2) is 16.6 Å². The van der Waals surface area contributed by atoms with Crippen LogP contribution in [-0.2, 0) is 18.0 Å². The van der Waals surface area contributed by atoms with Gasteiger partial charge in [0.15, 0.2) is 5.69 Å². The molecule has 25 heavy (non-hydrogen) atoms. The van der Waals surface area contributed by atoms with Crippen molar-refractivity contribution >= 4 is 33.5 Å². The van der Waals surface area contributed by atoms with Gasteiger partial charge < -0.3 is 4.74 Å². The lowest BCUT2D eigenvalue weighted by molar-refractivity contribution is -0.144. The van der Waals surface area contributed by atoms with Gasteiger partial charge in [-0.05, 0) is 34.5 Å². The number of esters is 1. The zero-order valence-electron chi connectivity index (χ0n) is 13.0. The molecule has 0 spiro atoms. The maximum atomic E-state index is 14.3. The number of hydrogen-bond donors (Lipinski definition) is 0. The van der Waals surface area contributed by atoms with Gasteiger partial charge in [0.1, 0.15) is 11.5 Å². The number of aromatic nitrogens is 2. The quantitative estimate of drug-likeness (QED) is 0.480. The van der Waals surface area contributed by atoms with E-state index < -0.39 is 33.7 Å². The van der Waals surface area contributed by atoms with Gasteiger partial charge in [0.05, 0.1) is 27.2 Å². The summed E-state index contributed by atoms with van der Waals surface area (Å²) >= 11 is 8.88. The standard InChI is InChI=1S/C15H12BrClF4N2O2/c1-3-6-25-14(24)7-4-5-8(18)9(11(7)17)12-10(16)13(15(19,20)21)23(2)22-12/h4-5H,3,6H2,1-2H3. The predicted octanol–water partition coefficient (Wildman–Crippen LogP) is 5.23. The third-order valence-corrected chi connectivity index (χ3v) is 4.39. The van der Waals surface area contributed by atoms with Gasteiger partial charge in [0, 0.05) is 7.05 Å². The molecule has 1 aromatic heterocycles. The summed E-state index contributed by atoms with van der Waals surface area (Å²) in [7, 11) is 1.07. The Bertz CT molecular complexity index is 821. The SMILES string of the molecule is CCCOC(=O)c1ccc(F)c(-c2nn(C)c(C(F)(F)F)c2Br)c1Cl. The first-order valence-corrected chi connectivity index (χ1v) is 8.21. The fraction of sp³-hybridized carbons (Fsp3) is 0.333. The van der Waals surface area contributed by atoms with E-state index in [1.807, 2.05) is 0 Å². The highest BCUT2D eigenvalue weighted by Gasteiger charge is 2.39. The molecule has 10 heteroatoms. The van der Waals surface area contributed by atoms with Crippen molar-refractivity contribution in [3.63, 3.8) is 0 Å². The molecule has 4 nitrogen and oxygen atoms in total. The zero-order valence-corrected chi connectivity index (χ0v) is 15.4. The van der Waals surface area contributed by atoms with Gasteiger partial charge in [-0.3, -0.25) is 4.68 Å². The van der Waals surface area contributed by atoms with Gasteiger partial charge >= 0.3 is 12.1 Å². The molecule has 0 unspecified atom stereocenters. The number of carbonyl (C=O) groups is 1. The van der Waals surface area contributed by atoms with Gasteiger partial charge in [-0.1, -0.05) is 18.5 Å². The predicted molar refractivity (Wildman–Crippen MR) is 86.9 cm³/mol. The number of aryl methyl sites for hydroxylation is 1. The summed E-state index contributed by atoms with van der Waals surface area (Å²) in [6, 6.07) is 2.04. The first-order valence-electron chi connectivity index (χ1n) is 7.04. The van der Waals surface area contributed by atoms with E-state index in [2.05, 4.69) is 21.0 Å². The van der Waals surface area contributed by atoms with E-state index in [4.69, 9.17) is 16.3 Å². The first kappa shape index (κ1) is 19.7. The van der Waals surface area contributed by atoms with Crippen molar-refractivity contribution in [1.82, 2.24) is 9.78 Å². The fourth-order valence-corrected chi connectivity index (χ4v) is 3.24. The fourth-order valence-electron chi connectivity index (χ4n) is 2.17. The van der Waals surface area contributed by atoms with Crippen LogP contribution < -0.4 is 0 Å². The van der Waals surface area contributed by atoms with Gasteiger partial charge in [-0.25, -0.2) is 9.18 Å². The van der Waals surface area contributed by atoms with Crippen LogP contribution in [0.5, 0.6) is 0 Å². The summed E-state index contributed by atoms with van der Waals surface area (Å²) < 4.78 is 58.6. The topological polar surface area (TPSA) is 44.1 Å². The molecule has 0 N–H and O–H groups in total. The summed E-state index contributed by atoms with van der Waals surface area (Å²) in [6.45, 7) is 1.92. The molecular formula is C15H12BrClF4N2O2. The number of halogens is 6. The van der Waals surface area contributed by atoms with Crippen LogP contribution in [0.1, 0.15) is 29.4 Å². The molecule has 0 atom stereocenters. The van der Waals surface area contributed by atoms with Crippen molar-refractivity contribution in [2.45, 2.75) is 19.5 Å². The van der Waals surface area contributed by atoms with Crippen molar-refractivity contribution < 1.29 is 27.1 Å². The Morgan fingerprint density at radius 3 is 2.56 bits per heavy atom. The smallest absolute Gasteiger partial charge is 0.434 e. The Morgan fingerprint density at radius 1 is 1.40 bits per heavy atom. The molecule has 1 aromatic carbocycles. The highest BCUT2D eigenvalue weighted by molar-refractivity contribution is 9.10. The number of carbonyl (C=O) groups excluding carboxylic acids is 1. The summed E-state index contributed by atoms with van der Waals surface area (Å²) in [5.74, 6) is -1.71. The molecular weight excluding hydrogens is 432 g/mol. The van der Waals surface area contributed by atoms with E-state index in [0.717, 1.165) is 19.2 Å². The highest BCUT2D eigenvalue weighted by Crippen LogP contribution is 2.43. The van der Waals surface area contributed by atoms with E-state index in [1.165, 1.54) is 0 Å². The van der Waals surface area contributed by atoms with Crippen LogP contribution in [0.2, 0.25) is 5.02 Å². The lowest BCUT2D eigenvalue weighted by Gasteiger charge is -2.10. The summed E-state index contributed by atoms with van der Waals surface area (Å²) in [5.41, 5.74) is -2.03. The van der Waals surface area contributed by atoms with E-state index in [1.54, 1.807) is 6.92 Å². The molecule has 0 aliphatic rings. The second kappa shape index (κ2) is 7.33. The lowest BCUT2D eigenvalue weighted by atomic mass is 10.1. The maximum Gasteiger partial charge on any atom is 0.434 e. The largest absolute Gasteiger partial charge is 0.462 e. The maximum absolute atomic E-state index is 14.3. The highest BCUT2D eigenvalue weighted by atomic mass is 79.9. The number of alkyl halides is 3. The molecule has 1 heterocycles. The van der Waals surface area contributed by atoms with Crippen LogP contribution in [-0.4, -0.2) is 22.4 Å². The minimum atomic E-state index is -4.71. The number of rotatable bonds is 4. The third-order valence-electron chi connectivity index (χ3n) is 3.24. The van der Waals surface area contributed by atoms with Crippen molar-refractivity contribution in [1.29, 1.82) is 0 Å². The van der Waals surface area contributed by atoms with Crippen molar-refractivity contribution in [2.24, 2.45) is 7.05 Å². The zero-order chi connectivity index (χ0) is 18.9. The molecule has 0 bridgehead atoms. The lowest BCUT2D eigenvalue weighted by Crippen LogP contribution is -2.12. The van der Waals surface area contributed by atoms with E-state index >= 15 is 0 Å². The Hall–Kier alpha value is -1.61. The Morgan fingerprint density at radius 2 is 2.04 bits per heavy atom.